The first-order valence-electron chi connectivity index (χ1n) is 11.2. The Hall–Kier alpha value is -4.98. The topological polar surface area (TPSA) is 87.7 Å². The number of nitrogens with one attached hydrogen (secondary N) is 2. The van der Waals surface area contributed by atoms with Crippen LogP contribution in [0.4, 0.5) is 21.9 Å². The van der Waals surface area contributed by atoms with E-state index in [0.29, 0.717) is 50.6 Å². The zero-order valence-electron chi connectivity index (χ0n) is 20.0. The second-order valence-electron chi connectivity index (χ2n) is 8.10. The number of benzene rings is 4. The van der Waals surface area contributed by atoms with Gasteiger partial charge in [0.15, 0.2) is 5.69 Å². The SMILES string of the molecule is [C-]#[N+]c1ccc(Oc2cc(NC(=O)Nc3ccc(C)c(Oc4ccc(C#N)c(Cl)c4)c3)ccc2C)cc1. The number of aryl methyl sites for hydroxylation is 2. The Morgan fingerprint density at radius 3 is 1.89 bits per heavy atom. The molecule has 0 heterocycles. The number of hydrogen-bond acceptors (Lipinski definition) is 4. The van der Waals surface area contributed by atoms with E-state index in [-0.39, 0.29) is 0 Å². The summed E-state index contributed by atoms with van der Waals surface area (Å²) in [6.45, 7) is 10.8. The van der Waals surface area contributed by atoms with Gasteiger partial charge in [-0.1, -0.05) is 35.9 Å². The summed E-state index contributed by atoms with van der Waals surface area (Å²) in [7, 11) is 0. The van der Waals surface area contributed by atoms with Gasteiger partial charge in [0.2, 0.25) is 0 Å². The molecule has 8 heteroatoms. The molecule has 0 spiro atoms. The largest absolute Gasteiger partial charge is 0.457 e. The lowest BCUT2D eigenvalue weighted by molar-refractivity contribution is 0.262. The number of anilines is 2. The molecule has 0 aliphatic heterocycles. The van der Waals surface area contributed by atoms with Gasteiger partial charge in [-0.3, -0.25) is 0 Å². The second kappa shape index (κ2) is 11.2. The van der Waals surface area contributed by atoms with E-state index >= 15 is 0 Å². The van der Waals surface area contributed by atoms with Crippen molar-refractivity contribution in [2.75, 3.05) is 10.6 Å². The Balaban J connectivity index is 1.44. The van der Waals surface area contributed by atoms with Gasteiger partial charge in [0, 0.05) is 29.6 Å². The van der Waals surface area contributed by atoms with Crippen LogP contribution in [0.25, 0.3) is 4.85 Å². The van der Waals surface area contributed by atoms with Gasteiger partial charge in [-0.25, -0.2) is 9.64 Å². The highest BCUT2D eigenvalue weighted by Gasteiger charge is 2.10. The first-order chi connectivity index (χ1) is 17.8. The molecule has 4 rings (SSSR count). The van der Waals surface area contributed by atoms with E-state index in [1.165, 1.54) is 0 Å². The number of nitrogens with zero attached hydrogens (tertiary/aromatic N) is 2. The maximum atomic E-state index is 12.7. The average Bonchev–Trinajstić information content (AvgIpc) is 2.88. The van der Waals surface area contributed by atoms with Crippen molar-refractivity contribution < 1.29 is 14.3 Å². The molecule has 2 amide bonds. The van der Waals surface area contributed by atoms with Crippen LogP contribution >= 0.6 is 11.6 Å². The van der Waals surface area contributed by atoms with Crippen molar-refractivity contribution in [2.45, 2.75) is 13.8 Å². The molecule has 4 aromatic rings. The van der Waals surface area contributed by atoms with Crippen LogP contribution < -0.4 is 20.1 Å². The third-order valence-corrected chi connectivity index (χ3v) is 5.69. The minimum atomic E-state index is -0.438. The number of halogens is 1. The normalized spacial score (nSPS) is 10.1. The number of carbonyl (C=O) groups is 1. The van der Waals surface area contributed by atoms with Crippen molar-refractivity contribution in [3.8, 4) is 29.1 Å². The second-order valence-corrected chi connectivity index (χ2v) is 8.51. The molecule has 0 aromatic heterocycles. The highest BCUT2D eigenvalue weighted by Crippen LogP contribution is 2.32. The molecule has 2 N–H and O–H groups in total. The van der Waals surface area contributed by atoms with Crippen LogP contribution in [-0.2, 0) is 0 Å². The maximum Gasteiger partial charge on any atom is 0.323 e. The Bertz CT molecular complexity index is 1550. The van der Waals surface area contributed by atoms with Crippen LogP contribution in [0.15, 0.2) is 78.9 Å². The molecule has 0 fully saturated rings. The van der Waals surface area contributed by atoms with Crippen molar-refractivity contribution in [1.29, 1.82) is 5.26 Å². The predicted octanol–water partition coefficient (Wildman–Crippen LogP) is 8.61. The molecule has 0 aliphatic carbocycles. The fourth-order valence-corrected chi connectivity index (χ4v) is 3.57. The average molecular weight is 509 g/mol. The number of urea groups is 1. The molecule has 0 atom stereocenters. The first-order valence-corrected chi connectivity index (χ1v) is 11.5. The third kappa shape index (κ3) is 6.37. The number of nitriles is 1. The van der Waals surface area contributed by atoms with Crippen molar-refractivity contribution in [1.82, 2.24) is 0 Å². The van der Waals surface area contributed by atoms with Crippen molar-refractivity contribution in [3.05, 3.63) is 112 Å². The van der Waals surface area contributed by atoms with E-state index in [0.717, 1.165) is 11.1 Å². The Kier molecular flexibility index (Phi) is 7.59. The van der Waals surface area contributed by atoms with Crippen molar-refractivity contribution >= 4 is 34.7 Å². The van der Waals surface area contributed by atoms with E-state index in [1.807, 2.05) is 32.0 Å². The highest BCUT2D eigenvalue weighted by molar-refractivity contribution is 6.31. The lowest BCUT2D eigenvalue weighted by Crippen LogP contribution is -2.19. The third-order valence-electron chi connectivity index (χ3n) is 5.37. The smallest absolute Gasteiger partial charge is 0.323 e. The van der Waals surface area contributed by atoms with Gasteiger partial charge in [-0.15, -0.1) is 0 Å². The van der Waals surface area contributed by atoms with E-state index in [2.05, 4.69) is 15.5 Å². The summed E-state index contributed by atoms with van der Waals surface area (Å²) >= 11 is 6.10. The zero-order chi connectivity index (χ0) is 26.4. The molecule has 0 radical (unpaired) electrons. The molecule has 0 unspecified atom stereocenters. The molecule has 0 bridgehead atoms. The summed E-state index contributed by atoms with van der Waals surface area (Å²) in [6.07, 6.45) is 0. The van der Waals surface area contributed by atoms with Crippen molar-refractivity contribution in [2.24, 2.45) is 0 Å². The van der Waals surface area contributed by atoms with Crippen LogP contribution in [0, 0.1) is 31.8 Å². The minimum Gasteiger partial charge on any atom is -0.457 e. The van der Waals surface area contributed by atoms with Gasteiger partial charge in [-0.05, 0) is 61.4 Å². The summed E-state index contributed by atoms with van der Waals surface area (Å²) in [5.41, 5.74) is 3.72. The van der Waals surface area contributed by atoms with Gasteiger partial charge in [0.25, 0.3) is 0 Å². The Morgan fingerprint density at radius 1 is 0.838 bits per heavy atom. The van der Waals surface area contributed by atoms with Crippen LogP contribution in [0.2, 0.25) is 5.02 Å². The van der Waals surface area contributed by atoms with E-state index in [4.69, 9.17) is 32.9 Å². The fraction of sp³-hybridized carbons (Fsp3) is 0.0690. The highest BCUT2D eigenvalue weighted by atomic mass is 35.5. The summed E-state index contributed by atoms with van der Waals surface area (Å²) < 4.78 is 11.9. The summed E-state index contributed by atoms with van der Waals surface area (Å²) in [5, 5.41) is 15.0. The number of hydrogen-bond donors (Lipinski definition) is 2. The van der Waals surface area contributed by atoms with Crippen LogP contribution in [0.5, 0.6) is 23.0 Å². The number of carbonyl (C=O) groups excluding carboxylic acids is 1. The number of amides is 2. The van der Waals surface area contributed by atoms with E-state index in [9.17, 15) is 4.79 Å². The van der Waals surface area contributed by atoms with Crippen LogP contribution in [-0.4, -0.2) is 6.03 Å². The standard InChI is InChI=1S/C29H21ClN4O3/c1-18-4-7-22(14-27(18)36-24-12-9-21(32-3)10-13-24)33-29(35)34-23-8-5-19(2)28(15-23)37-25-11-6-20(17-31)26(30)16-25/h4-16H,1-2H3,(H2,33,34,35). The van der Waals surface area contributed by atoms with Gasteiger partial charge in [0.1, 0.15) is 29.1 Å². The lowest BCUT2D eigenvalue weighted by Gasteiger charge is -2.14. The lowest BCUT2D eigenvalue weighted by atomic mass is 10.2. The van der Waals surface area contributed by atoms with Gasteiger partial charge < -0.3 is 20.1 Å². The van der Waals surface area contributed by atoms with Crippen LogP contribution in [0.3, 0.4) is 0 Å². The van der Waals surface area contributed by atoms with E-state index in [1.54, 1.807) is 66.7 Å². The van der Waals surface area contributed by atoms with Crippen LogP contribution in [0.1, 0.15) is 16.7 Å². The summed E-state index contributed by atoms with van der Waals surface area (Å²) in [5.74, 6) is 2.19. The number of rotatable bonds is 6. The molecule has 0 saturated heterocycles. The molecule has 182 valence electrons. The Morgan fingerprint density at radius 2 is 1.38 bits per heavy atom. The van der Waals surface area contributed by atoms with Gasteiger partial charge in [-0.2, -0.15) is 5.26 Å². The van der Waals surface area contributed by atoms with Gasteiger partial charge >= 0.3 is 6.03 Å². The van der Waals surface area contributed by atoms with E-state index < -0.39 is 6.03 Å². The number of ether oxygens (including phenoxy) is 2. The molecule has 37 heavy (non-hydrogen) atoms. The molecule has 4 aromatic carbocycles. The predicted molar refractivity (Wildman–Crippen MR) is 144 cm³/mol. The van der Waals surface area contributed by atoms with Gasteiger partial charge in [0.05, 0.1) is 17.2 Å². The first kappa shape index (κ1) is 25.1. The minimum absolute atomic E-state index is 0.299. The fourth-order valence-electron chi connectivity index (χ4n) is 3.36. The molecule has 7 nitrogen and oxygen atoms in total. The monoisotopic (exact) mass is 508 g/mol. The molecular formula is C29H21ClN4O3. The quantitative estimate of drug-likeness (QED) is 0.255. The molecular weight excluding hydrogens is 488 g/mol. The maximum absolute atomic E-state index is 12.7. The molecule has 0 aliphatic rings. The zero-order valence-corrected chi connectivity index (χ0v) is 20.8. The summed E-state index contributed by atoms with van der Waals surface area (Å²) in [6, 6.07) is 23.9. The summed E-state index contributed by atoms with van der Waals surface area (Å²) in [4.78, 5) is 16.1. The van der Waals surface area contributed by atoms with Crippen molar-refractivity contribution in [3.63, 3.8) is 0 Å². The molecule has 0 saturated carbocycles. The Labute approximate surface area is 219 Å².